The number of nitrogens with zero attached hydrogens (tertiary/aromatic N) is 1. The van der Waals surface area contributed by atoms with Crippen molar-refractivity contribution in [1.29, 1.82) is 5.26 Å². The van der Waals surface area contributed by atoms with E-state index in [2.05, 4.69) is 0 Å². The normalized spacial score (nSPS) is 11.6. The van der Waals surface area contributed by atoms with Crippen LogP contribution in [0, 0.1) is 17.2 Å². The van der Waals surface area contributed by atoms with E-state index in [1.54, 1.807) is 6.92 Å². The third kappa shape index (κ3) is 4.09. The molecule has 0 rings (SSSR count). The minimum Gasteiger partial charge on any atom is -0.476 e. The van der Waals surface area contributed by atoms with Crippen LogP contribution in [0.25, 0.3) is 0 Å². The molecule has 0 fully saturated rings. The molecule has 11 heavy (non-hydrogen) atoms. The summed E-state index contributed by atoms with van der Waals surface area (Å²) >= 11 is 0. The predicted molar refractivity (Wildman–Crippen MR) is 36.7 cm³/mol. The fraction of sp³-hybridized carbons (Fsp3) is 0.571. The van der Waals surface area contributed by atoms with Crippen LogP contribution in [0.1, 0.15) is 19.8 Å². The molecule has 0 aliphatic heterocycles. The first-order chi connectivity index (χ1) is 5.07. The van der Waals surface area contributed by atoms with Gasteiger partial charge in [0.15, 0.2) is 0 Å². The van der Waals surface area contributed by atoms with Crippen molar-refractivity contribution < 1.29 is 14.7 Å². The van der Waals surface area contributed by atoms with Crippen LogP contribution in [-0.2, 0) is 9.59 Å². The lowest BCUT2D eigenvalue weighted by atomic mass is 10.0. The van der Waals surface area contributed by atoms with Gasteiger partial charge in [0, 0.05) is 12.8 Å². The highest BCUT2D eigenvalue weighted by molar-refractivity contribution is 6.32. The van der Waals surface area contributed by atoms with Crippen LogP contribution in [0.15, 0.2) is 0 Å². The highest BCUT2D eigenvalue weighted by Crippen LogP contribution is 2.06. The number of ketones is 1. The van der Waals surface area contributed by atoms with Crippen molar-refractivity contribution in [1.82, 2.24) is 0 Å². The summed E-state index contributed by atoms with van der Waals surface area (Å²) in [6, 6.07) is 1.87. The van der Waals surface area contributed by atoms with Crippen molar-refractivity contribution in [2.45, 2.75) is 19.8 Å². The molecule has 0 bridgehead atoms. The summed E-state index contributed by atoms with van der Waals surface area (Å²) in [5.74, 6) is -2.41. The van der Waals surface area contributed by atoms with E-state index in [0.717, 1.165) is 0 Å². The van der Waals surface area contributed by atoms with Crippen molar-refractivity contribution in [3.8, 4) is 6.07 Å². The molecule has 0 aromatic rings. The van der Waals surface area contributed by atoms with Crippen molar-refractivity contribution >= 4 is 11.8 Å². The topological polar surface area (TPSA) is 78.2 Å². The minimum atomic E-state index is -1.42. The van der Waals surface area contributed by atoms with Gasteiger partial charge in [0.1, 0.15) is 0 Å². The largest absolute Gasteiger partial charge is 0.476 e. The van der Waals surface area contributed by atoms with Crippen LogP contribution >= 0.6 is 0 Å². The molecule has 1 N–H and O–H groups in total. The maximum atomic E-state index is 10.5. The van der Waals surface area contributed by atoms with Gasteiger partial charge in [-0.15, -0.1) is 0 Å². The van der Waals surface area contributed by atoms with Crippen LogP contribution in [-0.4, -0.2) is 16.9 Å². The first-order valence-corrected chi connectivity index (χ1v) is 3.21. The number of rotatable bonds is 4. The van der Waals surface area contributed by atoms with Crippen LogP contribution in [0.4, 0.5) is 0 Å². The average molecular weight is 155 g/mol. The van der Waals surface area contributed by atoms with E-state index in [1.165, 1.54) is 0 Å². The number of aliphatic carboxylic acids is 1. The first kappa shape index (κ1) is 9.63. The molecule has 0 aliphatic carbocycles. The SMILES string of the molecule is CC(CC#N)CC(=O)C(=O)O. The van der Waals surface area contributed by atoms with E-state index in [9.17, 15) is 9.59 Å². The third-order valence-electron chi connectivity index (χ3n) is 1.21. The molecule has 0 aromatic carbocycles. The van der Waals surface area contributed by atoms with Crippen LogP contribution in [0.3, 0.4) is 0 Å². The van der Waals surface area contributed by atoms with Crippen LogP contribution in [0.2, 0.25) is 0 Å². The molecule has 0 aliphatic rings. The summed E-state index contributed by atoms with van der Waals surface area (Å²) in [6.07, 6.45) is 0.169. The molecular formula is C7H9NO3. The van der Waals surface area contributed by atoms with Crippen molar-refractivity contribution in [3.05, 3.63) is 0 Å². The van der Waals surface area contributed by atoms with Gasteiger partial charge in [0.25, 0.3) is 0 Å². The molecule has 0 saturated heterocycles. The molecule has 4 heteroatoms. The van der Waals surface area contributed by atoms with Gasteiger partial charge in [-0.1, -0.05) is 6.92 Å². The Hall–Kier alpha value is -1.37. The second-order valence-corrected chi connectivity index (χ2v) is 2.40. The highest BCUT2D eigenvalue weighted by Gasteiger charge is 2.14. The van der Waals surface area contributed by atoms with Gasteiger partial charge in [-0.2, -0.15) is 5.26 Å². The summed E-state index contributed by atoms with van der Waals surface area (Å²) in [7, 11) is 0. The second kappa shape index (κ2) is 4.45. The molecule has 0 amide bonds. The van der Waals surface area contributed by atoms with Gasteiger partial charge >= 0.3 is 5.97 Å². The lowest BCUT2D eigenvalue weighted by Crippen LogP contribution is -2.15. The van der Waals surface area contributed by atoms with E-state index in [4.69, 9.17) is 10.4 Å². The molecule has 0 saturated carbocycles. The molecule has 0 heterocycles. The smallest absolute Gasteiger partial charge is 0.372 e. The third-order valence-corrected chi connectivity index (χ3v) is 1.21. The predicted octanol–water partition coefficient (Wildman–Crippen LogP) is 0.580. The lowest BCUT2D eigenvalue weighted by Gasteiger charge is -2.01. The van der Waals surface area contributed by atoms with Gasteiger partial charge in [0.2, 0.25) is 5.78 Å². The fourth-order valence-electron chi connectivity index (χ4n) is 0.632. The summed E-state index contributed by atoms with van der Waals surface area (Å²) < 4.78 is 0. The first-order valence-electron chi connectivity index (χ1n) is 3.21. The maximum Gasteiger partial charge on any atom is 0.372 e. The average Bonchev–Trinajstić information content (AvgIpc) is 1.87. The zero-order valence-electron chi connectivity index (χ0n) is 6.20. The zero-order valence-corrected chi connectivity index (χ0v) is 6.20. The Labute approximate surface area is 64.4 Å². The summed E-state index contributed by atoms with van der Waals surface area (Å²) in [6.45, 7) is 1.67. The lowest BCUT2D eigenvalue weighted by molar-refractivity contribution is -0.149. The molecule has 4 nitrogen and oxygen atoms in total. The van der Waals surface area contributed by atoms with E-state index in [0.29, 0.717) is 0 Å². The molecule has 1 unspecified atom stereocenters. The van der Waals surface area contributed by atoms with Crippen LogP contribution < -0.4 is 0 Å². The van der Waals surface area contributed by atoms with Crippen molar-refractivity contribution in [2.24, 2.45) is 5.92 Å². The van der Waals surface area contributed by atoms with Crippen molar-refractivity contribution in [2.75, 3.05) is 0 Å². The van der Waals surface area contributed by atoms with Gasteiger partial charge < -0.3 is 5.11 Å². The quantitative estimate of drug-likeness (QED) is 0.602. The highest BCUT2D eigenvalue weighted by atomic mass is 16.4. The molecule has 0 radical (unpaired) electrons. The summed E-state index contributed by atoms with van der Waals surface area (Å²) in [5.41, 5.74) is 0. The number of carbonyl (C=O) groups excluding carboxylic acids is 1. The Morgan fingerprint density at radius 2 is 2.18 bits per heavy atom. The number of Topliss-reactive ketones (excluding diaryl/α,β-unsaturated/α-hetero) is 1. The maximum absolute atomic E-state index is 10.5. The number of carboxylic acid groups (broad SMARTS) is 1. The van der Waals surface area contributed by atoms with Crippen molar-refractivity contribution in [3.63, 3.8) is 0 Å². The zero-order chi connectivity index (χ0) is 8.85. The Kier molecular flexibility index (Phi) is 3.89. The summed E-state index contributed by atoms with van der Waals surface area (Å²) in [4.78, 5) is 20.5. The second-order valence-electron chi connectivity index (χ2n) is 2.40. The molecule has 0 aromatic heterocycles. The standard InChI is InChI=1S/C7H9NO3/c1-5(2-3-8)4-6(9)7(10)11/h5H,2,4H2,1H3,(H,10,11). The number of hydrogen-bond donors (Lipinski definition) is 1. The van der Waals surface area contributed by atoms with E-state index >= 15 is 0 Å². The molecule has 1 atom stereocenters. The van der Waals surface area contributed by atoms with Gasteiger partial charge in [-0.3, -0.25) is 4.79 Å². The van der Waals surface area contributed by atoms with E-state index in [-0.39, 0.29) is 18.8 Å². The molecular weight excluding hydrogens is 146 g/mol. The minimum absolute atomic E-state index is 0.0527. The van der Waals surface area contributed by atoms with Crippen LogP contribution in [0.5, 0.6) is 0 Å². The van der Waals surface area contributed by atoms with E-state index < -0.39 is 11.8 Å². The number of nitriles is 1. The fourth-order valence-corrected chi connectivity index (χ4v) is 0.632. The Morgan fingerprint density at radius 3 is 2.55 bits per heavy atom. The number of carbonyl (C=O) groups is 2. The molecule has 60 valence electrons. The Morgan fingerprint density at radius 1 is 1.64 bits per heavy atom. The number of hydrogen-bond acceptors (Lipinski definition) is 3. The van der Waals surface area contributed by atoms with Gasteiger partial charge in [-0.25, -0.2) is 4.79 Å². The summed E-state index contributed by atoms with van der Waals surface area (Å²) in [5, 5.41) is 16.3. The Bertz CT molecular complexity index is 204. The van der Waals surface area contributed by atoms with Gasteiger partial charge in [0.05, 0.1) is 6.07 Å². The van der Waals surface area contributed by atoms with Gasteiger partial charge in [-0.05, 0) is 5.92 Å². The number of carboxylic acids is 1. The van der Waals surface area contributed by atoms with E-state index in [1.807, 2.05) is 6.07 Å². The monoisotopic (exact) mass is 155 g/mol. The Balaban J connectivity index is 3.77. The molecule has 0 spiro atoms.